The summed E-state index contributed by atoms with van der Waals surface area (Å²) < 4.78 is 5.76. The van der Waals surface area contributed by atoms with Crippen LogP contribution in [0, 0.1) is 6.92 Å². The lowest BCUT2D eigenvalue weighted by atomic mass is 10.3. The average Bonchev–Trinajstić information content (AvgIpc) is 2.83. The van der Waals surface area contributed by atoms with Gasteiger partial charge in [0.25, 0.3) is 0 Å². The summed E-state index contributed by atoms with van der Waals surface area (Å²) in [5.41, 5.74) is 6.60. The van der Waals surface area contributed by atoms with Gasteiger partial charge >= 0.3 is 0 Å². The molecule has 1 fully saturated rings. The molecular formula is C12H20N4O. The van der Waals surface area contributed by atoms with E-state index in [1.807, 2.05) is 6.92 Å². The number of ether oxygens (including phenoxy) is 1. The quantitative estimate of drug-likeness (QED) is 0.762. The van der Waals surface area contributed by atoms with Crippen molar-refractivity contribution in [2.24, 2.45) is 0 Å². The number of hydrogen-bond acceptors (Lipinski definition) is 5. The Balaban J connectivity index is 1.72. The molecule has 0 bridgehead atoms. The van der Waals surface area contributed by atoms with Crippen LogP contribution in [0.15, 0.2) is 6.33 Å². The van der Waals surface area contributed by atoms with E-state index >= 15 is 0 Å². The first-order valence-electron chi connectivity index (χ1n) is 6.20. The predicted molar refractivity (Wildman–Crippen MR) is 67.9 cm³/mol. The third-order valence-electron chi connectivity index (χ3n) is 3.17. The molecule has 0 aliphatic heterocycles. The van der Waals surface area contributed by atoms with Gasteiger partial charge in [0.05, 0.1) is 12.7 Å². The van der Waals surface area contributed by atoms with E-state index in [4.69, 9.17) is 10.5 Å². The van der Waals surface area contributed by atoms with Gasteiger partial charge in [0.15, 0.2) is 0 Å². The highest BCUT2D eigenvalue weighted by Crippen LogP contribution is 2.20. The molecule has 5 heteroatoms. The van der Waals surface area contributed by atoms with E-state index < -0.39 is 0 Å². The van der Waals surface area contributed by atoms with Crippen molar-refractivity contribution in [2.75, 3.05) is 24.2 Å². The molecule has 1 aromatic heterocycles. The topological polar surface area (TPSA) is 73.1 Å². The van der Waals surface area contributed by atoms with Gasteiger partial charge < -0.3 is 15.8 Å². The molecular weight excluding hydrogens is 216 g/mol. The van der Waals surface area contributed by atoms with Crippen molar-refractivity contribution < 1.29 is 4.74 Å². The number of nitrogens with one attached hydrogen (secondary N) is 1. The number of nitrogens with two attached hydrogens (primary N) is 1. The summed E-state index contributed by atoms with van der Waals surface area (Å²) in [6.07, 6.45) is 6.97. The van der Waals surface area contributed by atoms with Crippen LogP contribution in [0.3, 0.4) is 0 Å². The minimum Gasteiger partial charge on any atom is -0.383 e. The fourth-order valence-electron chi connectivity index (χ4n) is 2.09. The third-order valence-corrected chi connectivity index (χ3v) is 3.17. The van der Waals surface area contributed by atoms with Gasteiger partial charge in [-0.1, -0.05) is 12.8 Å². The zero-order chi connectivity index (χ0) is 12.1. The smallest absolute Gasteiger partial charge is 0.134 e. The molecule has 0 spiro atoms. The van der Waals surface area contributed by atoms with Gasteiger partial charge in [-0.15, -0.1) is 0 Å². The maximum atomic E-state index is 5.76. The van der Waals surface area contributed by atoms with E-state index in [9.17, 15) is 0 Å². The molecule has 1 aliphatic rings. The zero-order valence-electron chi connectivity index (χ0n) is 10.3. The van der Waals surface area contributed by atoms with Gasteiger partial charge in [0.2, 0.25) is 0 Å². The highest BCUT2D eigenvalue weighted by Gasteiger charge is 2.14. The Bertz CT molecular complexity index is 364. The molecule has 94 valence electrons. The van der Waals surface area contributed by atoms with Gasteiger partial charge in [-0.3, -0.25) is 0 Å². The van der Waals surface area contributed by atoms with Gasteiger partial charge in [0, 0.05) is 12.1 Å². The van der Waals surface area contributed by atoms with Gasteiger partial charge in [0.1, 0.15) is 18.0 Å². The third kappa shape index (κ3) is 3.30. The first-order valence-corrected chi connectivity index (χ1v) is 6.20. The molecule has 3 N–H and O–H groups in total. The fraction of sp³-hybridized carbons (Fsp3) is 0.667. The van der Waals surface area contributed by atoms with Crippen molar-refractivity contribution >= 4 is 11.6 Å². The van der Waals surface area contributed by atoms with Crippen molar-refractivity contribution in [1.82, 2.24) is 9.97 Å². The molecule has 0 saturated heterocycles. The summed E-state index contributed by atoms with van der Waals surface area (Å²) in [4.78, 5) is 8.08. The molecule has 0 atom stereocenters. The summed E-state index contributed by atoms with van der Waals surface area (Å²) in [5.74, 6) is 1.33. The second-order valence-corrected chi connectivity index (χ2v) is 4.44. The van der Waals surface area contributed by atoms with Crippen LogP contribution in [0.1, 0.15) is 31.2 Å². The van der Waals surface area contributed by atoms with E-state index in [1.54, 1.807) is 0 Å². The van der Waals surface area contributed by atoms with Crippen LogP contribution in [-0.2, 0) is 4.74 Å². The van der Waals surface area contributed by atoms with Crippen molar-refractivity contribution in [2.45, 2.75) is 38.7 Å². The molecule has 17 heavy (non-hydrogen) atoms. The molecule has 0 radical (unpaired) electrons. The molecule has 1 saturated carbocycles. The molecule has 0 amide bonds. The van der Waals surface area contributed by atoms with Gasteiger partial charge in [-0.05, 0) is 19.8 Å². The molecule has 1 heterocycles. The molecule has 0 aromatic carbocycles. The highest BCUT2D eigenvalue weighted by atomic mass is 16.5. The van der Waals surface area contributed by atoms with Crippen LogP contribution in [0.5, 0.6) is 0 Å². The number of aromatic nitrogens is 2. The lowest BCUT2D eigenvalue weighted by Crippen LogP contribution is -2.16. The van der Waals surface area contributed by atoms with Crippen LogP contribution in [0.25, 0.3) is 0 Å². The number of hydrogen-bond donors (Lipinski definition) is 2. The molecule has 1 aliphatic carbocycles. The van der Waals surface area contributed by atoms with Crippen molar-refractivity contribution in [3.05, 3.63) is 11.9 Å². The van der Waals surface area contributed by atoms with Crippen molar-refractivity contribution in [3.63, 3.8) is 0 Å². The molecule has 0 unspecified atom stereocenters. The number of nitrogen functional groups attached to an aromatic ring is 1. The highest BCUT2D eigenvalue weighted by molar-refractivity contribution is 5.53. The maximum absolute atomic E-state index is 5.76. The van der Waals surface area contributed by atoms with Crippen molar-refractivity contribution in [3.8, 4) is 0 Å². The zero-order valence-corrected chi connectivity index (χ0v) is 10.3. The Hall–Kier alpha value is -1.36. The monoisotopic (exact) mass is 236 g/mol. The van der Waals surface area contributed by atoms with E-state index in [-0.39, 0.29) is 0 Å². The Morgan fingerprint density at radius 2 is 2.18 bits per heavy atom. The van der Waals surface area contributed by atoms with E-state index in [2.05, 4.69) is 15.3 Å². The summed E-state index contributed by atoms with van der Waals surface area (Å²) in [7, 11) is 0. The number of nitrogens with zero attached hydrogens (tertiary/aromatic N) is 2. The SMILES string of the molecule is Cc1c(N)ncnc1NCCOC1CCCC1. The largest absolute Gasteiger partial charge is 0.383 e. The van der Waals surface area contributed by atoms with Crippen LogP contribution in [0.2, 0.25) is 0 Å². The summed E-state index contributed by atoms with van der Waals surface area (Å²) in [6, 6.07) is 0. The van der Waals surface area contributed by atoms with E-state index in [1.165, 1.54) is 32.0 Å². The van der Waals surface area contributed by atoms with Crippen LogP contribution >= 0.6 is 0 Å². The maximum Gasteiger partial charge on any atom is 0.134 e. The lowest BCUT2D eigenvalue weighted by Gasteiger charge is -2.12. The van der Waals surface area contributed by atoms with Crippen LogP contribution in [-0.4, -0.2) is 29.2 Å². The van der Waals surface area contributed by atoms with Gasteiger partial charge in [-0.25, -0.2) is 9.97 Å². The molecule has 2 rings (SSSR count). The molecule has 5 nitrogen and oxygen atoms in total. The fourth-order valence-corrected chi connectivity index (χ4v) is 2.09. The lowest BCUT2D eigenvalue weighted by molar-refractivity contribution is 0.0658. The predicted octanol–water partition coefficient (Wildman–Crippen LogP) is 1.74. The van der Waals surface area contributed by atoms with Gasteiger partial charge in [-0.2, -0.15) is 0 Å². The first kappa shape index (κ1) is 12.1. The second kappa shape index (κ2) is 5.82. The second-order valence-electron chi connectivity index (χ2n) is 4.44. The first-order chi connectivity index (χ1) is 8.27. The minimum absolute atomic E-state index is 0.466. The van der Waals surface area contributed by atoms with E-state index in [0.29, 0.717) is 18.5 Å². The van der Waals surface area contributed by atoms with Crippen LogP contribution < -0.4 is 11.1 Å². The molecule has 1 aromatic rings. The Morgan fingerprint density at radius 3 is 2.94 bits per heavy atom. The Kier molecular flexibility index (Phi) is 4.14. The number of rotatable bonds is 5. The standard InChI is InChI=1S/C12H20N4O/c1-9-11(13)15-8-16-12(9)14-6-7-17-10-4-2-3-5-10/h8,10H,2-7H2,1H3,(H3,13,14,15,16). The van der Waals surface area contributed by atoms with Crippen molar-refractivity contribution in [1.29, 1.82) is 0 Å². The summed E-state index contributed by atoms with van der Waals surface area (Å²) in [6.45, 7) is 3.39. The minimum atomic E-state index is 0.466. The summed E-state index contributed by atoms with van der Waals surface area (Å²) >= 11 is 0. The average molecular weight is 236 g/mol. The number of anilines is 2. The van der Waals surface area contributed by atoms with Crippen LogP contribution in [0.4, 0.5) is 11.6 Å². The Morgan fingerprint density at radius 1 is 1.41 bits per heavy atom. The van der Waals surface area contributed by atoms with E-state index in [0.717, 1.165) is 17.9 Å². The normalized spacial score (nSPS) is 16.3. The summed E-state index contributed by atoms with van der Waals surface area (Å²) in [5, 5.41) is 3.22. The Labute approximate surface area is 102 Å².